The van der Waals surface area contributed by atoms with Crippen LogP contribution >= 0.6 is 11.6 Å². The predicted octanol–water partition coefficient (Wildman–Crippen LogP) is 3.92. The fraction of sp³-hybridized carbons (Fsp3) is 0.238. The zero-order chi connectivity index (χ0) is 19.5. The lowest BCUT2D eigenvalue weighted by atomic mass is 10.0. The molecule has 7 heteroatoms. The van der Waals surface area contributed by atoms with Crippen LogP contribution in [0.5, 0.6) is 5.75 Å². The molecule has 0 bridgehead atoms. The largest absolute Gasteiger partial charge is 0.497 e. The van der Waals surface area contributed by atoms with Crippen molar-refractivity contribution in [2.75, 3.05) is 19.0 Å². The van der Waals surface area contributed by atoms with Gasteiger partial charge < -0.3 is 15.2 Å². The number of ether oxygens (including phenoxy) is 1. The molecule has 1 atom stereocenters. The SMILES string of the molecule is COc1ccc(C2=C[C@@H](c3ccc(Cl)cc3)n3nc(CCCO)nc3N2)cc1. The lowest BCUT2D eigenvalue weighted by Crippen LogP contribution is -2.20. The molecule has 1 aliphatic heterocycles. The number of aliphatic hydroxyl groups is 1. The highest BCUT2D eigenvalue weighted by molar-refractivity contribution is 6.30. The van der Waals surface area contributed by atoms with Crippen LogP contribution in [-0.4, -0.2) is 33.6 Å². The first-order chi connectivity index (χ1) is 13.7. The number of rotatable bonds is 6. The molecule has 28 heavy (non-hydrogen) atoms. The second kappa shape index (κ2) is 8.04. The highest BCUT2D eigenvalue weighted by Gasteiger charge is 2.25. The van der Waals surface area contributed by atoms with Crippen LogP contribution in [0.4, 0.5) is 5.95 Å². The number of nitrogens with zero attached hydrogens (tertiary/aromatic N) is 3. The van der Waals surface area contributed by atoms with Gasteiger partial charge in [0, 0.05) is 23.7 Å². The molecule has 0 fully saturated rings. The molecule has 0 saturated heterocycles. The maximum absolute atomic E-state index is 9.11. The first-order valence-corrected chi connectivity index (χ1v) is 9.51. The van der Waals surface area contributed by atoms with E-state index in [0.717, 1.165) is 22.6 Å². The monoisotopic (exact) mass is 396 g/mol. The third-order valence-electron chi connectivity index (χ3n) is 4.68. The van der Waals surface area contributed by atoms with E-state index >= 15 is 0 Å². The van der Waals surface area contributed by atoms with Gasteiger partial charge in [-0.3, -0.25) is 0 Å². The van der Waals surface area contributed by atoms with Crippen LogP contribution in [0.2, 0.25) is 5.02 Å². The Hall–Kier alpha value is -2.83. The van der Waals surface area contributed by atoms with Crippen molar-refractivity contribution >= 4 is 23.2 Å². The van der Waals surface area contributed by atoms with Gasteiger partial charge in [0.2, 0.25) is 5.95 Å². The van der Waals surface area contributed by atoms with Crippen molar-refractivity contribution < 1.29 is 9.84 Å². The van der Waals surface area contributed by atoms with Gasteiger partial charge >= 0.3 is 0 Å². The third-order valence-corrected chi connectivity index (χ3v) is 4.93. The number of nitrogens with one attached hydrogen (secondary N) is 1. The number of aliphatic hydroxyl groups excluding tert-OH is 1. The Bertz CT molecular complexity index is 981. The summed E-state index contributed by atoms with van der Waals surface area (Å²) in [7, 11) is 1.65. The van der Waals surface area contributed by atoms with E-state index in [0.29, 0.717) is 29.6 Å². The van der Waals surface area contributed by atoms with Gasteiger partial charge in [-0.15, -0.1) is 0 Å². The molecule has 0 saturated carbocycles. The Morgan fingerprint density at radius 1 is 1.14 bits per heavy atom. The summed E-state index contributed by atoms with van der Waals surface area (Å²) in [4.78, 5) is 4.63. The Labute approximate surface area is 168 Å². The number of hydrogen-bond acceptors (Lipinski definition) is 5. The fourth-order valence-electron chi connectivity index (χ4n) is 3.22. The van der Waals surface area contributed by atoms with E-state index in [4.69, 9.17) is 21.4 Å². The number of fused-ring (bicyclic) bond motifs is 1. The molecule has 2 aromatic carbocycles. The van der Waals surface area contributed by atoms with Crippen molar-refractivity contribution in [1.29, 1.82) is 0 Å². The summed E-state index contributed by atoms with van der Waals surface area (Å²) in [6, 6.07) is 15.5. The average Bonchev–Trinajstić information content (AvgIpc) is 3.15. The Kier molecular flexibility index (Phi) is 5.32. The van der Waals surface area contributed by atoms with Crippen LogP contribution in [0.3, 0.4) is 0 Å². The topological polar surface area (TPSA) is 72.2 Å². The van der Waals surface area contributed by atoms with Crippen LogP contribution in [0, 0.1) is 0 Å². The number of benzene rings is 2. The summed E-state index contributed by atoms with van der Waals surface area (Å²) in [5, 5.41) is 17.8. The summed E-state index contributed by atoms with van der Waals surface area (Å²) in [5.74, 6) is 2.20. The molecule has 2 heterocycles. The quantitative estimate of drug-likeness (QED) is 0.660. The van der Waals surface area contributed by atoms with Gasteiger partial charge in [0.05, 0.1) is 7.11 Å². The molecule has 0 aliphatic carbocycles. The highest BCUT2D eigenvalue weighted by atomic mass is 35.5. The number of aromatic nitrogens is 3. The molecular formula is C21H21ClN4O2. The summed E-state index contributed by atoms with van der Waals surface area (Å²) in [5.41, 5.74) is 3.05. The standard InChI is InChI=1S/C21H21ClN4O2/c1-28-17-10-6-14(7-11-17)18-13-19(15-4-8-16(22)9-5-15)26-21(23-18)24-20(25-26)3-2-12-27/h4-11,13,19,27H,2-3,12H2,1H3,(H,23,24,25)/t19-/m0/s1. The highest BCUT2D eigenvalue weighted by Crippen LogP contribution is 2.33. The van der Waals surface area contributed by atoms with Crippen molar-refractivity contribution in [2.45, 2.75) is 18.9 Å². The lowest BCUT2D eigenvalue weighted by molar-refractivity contribution is 0.287. The molecule has 0 unspecified atom stereocenters. The number of halogens is 1. The first-order valence-electron chi connectivity index (χ1n) is 9.13. The van der Waals surface area contributed by atoms with Gasteiger partial charge in [-0.05, 0) is 60.0 Å². The molecular weight excluding hydrogens is 376 g/mol. The predicted molar refractivity (Wildman–Crippen MR) is 110 cm³/mol. The Balaban J connectivity index is 1.74. The number of anilines is 1. The maximum atomic E-state index is 9.11. The molecule has 0 amide bonds. The summed E-state index contributed by atoms with van der Waals surface area (Å²) in [6.07, 6.45) is 3.39. The van der Waals surface area contributed by atoms with Gasteiger partial charge in [-0.2, -0.15) is 10.1 Å². The molecule has 0 radical (unpaired) electrons. The maximum Gasteiger partial charge on any atom is 0.226 e. The Morgan fingerprint density at radius 2 is 1.89 bits per heavy atom. The van der Waals surface area contributed by atoms with Gasteiger partial charge in [0.25, 0.3) is 0 Å². The van der Waals surface area contributed by atoms with E-state index < -0.39 is 0 Å². The van der Waals surface area contributed by atoms with Crippen LogP contribution in [0.25, 0.3) is 5.70 Å². The van der Waals surface area contributed by atoms with Gasteiger partial charge in [-0.1, -0.05) is 23.7 Å². The summed E-state index contributed by atoms with van der Waals surface area (Å²) in [6.45, 7) is 0.118. The van der Waals surface area contributed by atoms with E-state index in [1.807, 2.05) is 53.2 Å². The Morgan fingerprint density at radius 3 is 2.57 bits per heavy atom. The molecule has 4 rings (SSSR count). The number of hydrogen-bond donors (Lipinski definition) is 2. The average molecular weight is 397 g/mol. The lowest BCUT2D eigenvalue weighted by Gasteiger charge is -2.24. The number of aryl methyl sites for hydroxylation is 1. The van der Waals surface area contributed by atoms with E-state index in [1.165, 1.54) is 0 Å². The van der Waals surface area contributed by atoms with Crippen molar-refractivity contribution in [3.63, 3.8) is 0 Å². The van der Waals surface area contributed by atoms with Crippen molar-refractivity contribution in [2.24, 2.45) is 0 Å². The second-order valence-electron chi connectivity index (χ2n) is 6.55. The summed E-state index contributed by atoms with van der Waals surface area (Å²) < 4.78 is 7.13. The van der Waals surface area contributed by atoms with Gasteiger partial charge in [0.15, 0.2) is 5.82 Å². The molecule has 6 nitrogen and oxygen atoms in total. The summed E-state index contributed by atoms with van der Waals surface area (Å²) >= 11 is 6.07. The molecule has 1 aromatic heterocycles. The van der Waals surface area contributed by atoms with Crippen LogP contribution in [0.1, 0.15) is 29.4 Å². The van der Waals surface area contributed by atoms with Crippen LogP contribution in [0.15, 0.2) is 54.6 Å². The first kappa shape index (κ1) is 18.5. The van der Waals surface area contributed by atoms with Crippen LogP contribution < -0.4 is 10.1 Å². The zero-order valence-electron chi connectivity index (χ0n) is 15.5. The fourth-order valence-corrected chi connectivity index (χ4v) is 3.34. The van der Waals surface area contributed by atoms with E-state index in [9.17, 15) is 0 Å². The number of methoxy groups -OCH3 is 1. The van der Waals surface area contributed by atoms with E-state index in [1.54, 1.807) is 7.11 Å². The molecule has 2 N–H and O–H groups in total. The van der Waals surface area contributed by atoms with Crippen molar-refractivity contribution in [3.05, 3.63) is 76.6 Å². The smallest absolute Gasteiger partial charge is 0.226 e. The van der Waals surface area contributed by atoms with Crippen molar-refractivity contribution in [1.82, 2.24) is 14.8 Å². The molecule has 144 valence electrons. The van der Waals surface area contributed by atoms with Crippen LogP contribution in [-0.2, 0) is 6.42 Å². The second-order valence-corrected chi connectivity index (χ2v) is 6.99. The molecule has 0 spiro atoms. The van der Waals surface area contributed by atoms with Gasteiger partial charge in [-0.25, -0.2) is 4.68 Å². The molecule has 3 aromatic rings. The van der Waals surface area contributed by atoms with Gasteiger partial charge in [0.1, 0.15) is 11.8 Å². The minimum Gasteiger partial charge on any atom is -0.497 e. The van der Waals surface area contributed by atoms with Crippen molar-refractivity contribution in [3.8, 4) is 5.75 Å². The van der Waals surface area contributed by atoms with E-state index in [-0.39, 0.29) is 12.6 Å². The number of allylic oxidation sites excluding steroid dienone is 1. The minimum atomic E-state index is -0.110. The molecule has 1 aliphatic rings. The minimum absolute atomic E-state index is 0.110. The third kappa shape index (κ3) is 3.74. The van der Waals surface area contributed by atoms with E-state index in [2.05, 4.69) is 21.5 Å². The zero-order valence-corrected chi connectivity index (χ0v) is 16.2. The normalized spacial score (nSPS) is 15.5.